The summed E-state index contributed by atoms with van der Waals surface area (Å²) in [6, 6.07) is 8.13. The molecule has 0 saturated carbocycles. The molecule has 3 N–H and O–H groups in total. The molecule has 1 aromatic heterocycles. The lowest BCUT2D eigenvalue weighted by molar-refractivity contribution is -0.143. The van der Waals surface area contributed by atoms with Crippen LogP contribution in [0.4, 0.5) is 11.8 Å². The summed E-state index contributed by atoms with van der Waals surface area (Å²) in [5, 5.41) is 3.44. The van der Waals surface area contributed by atoms with Gasteiger partial charge in [-0.2, -0.15) is 4.98 Å². The molecule has 192 valence electrons. The predicted molar refractivity (Wildman–Crippen MR) is 142 cm³/mol. The van der Waals surface area contributed by atoms with E-state index in [-0.39, 0.29) is 5.97 Å². The summed E-state index contributed by atoms with van der Waals surface area (Å²) in [4.78, 5) is 25.9. The van der Waals surface area contributed by atoms with Crippen LogP contribution in [0.2, 0.25) is 0 Å². The Hall–Kier alpha value is -2.71. The topological polar surface area (TPSA) is 96.6 Å². The number of hydrogen-bond acceptors (Lipinski definition) is 8. The van der Waals surface area contributed by atoms with E-state index in [4.69, 9.17) is 10.5 Å². The van der Waals surface area contributed by atoms with Crippen molar-refractivity contribution in [3.05, 3.63) is 46.6 Å². The lowest BCUT2D eigenvalue weighted by atomic mass is 10.0. The summed E-state index contributed by atoms with van der Waals surface area (Å²) in [5.74, 6) is 0.939. The van der Waals surface area contributed by atoms with Crippen LogP contribution in [0.25, 0.3) is 0 Å². The highest BCUT2D eigenvalue weighted by Gasteiger charge is 2.14. The van der Waals surface area contributed by atoms with Crippen molar-refractivity contribution in [2.75, 3.05) is 64.0 Å². The second-order valence-electron chi connectivity index (χ2n) is 9.52. The van der Waals surface area contributed by atoms with Gasteiger partial charge in [0, 0.05) is 56.9 Å². The molecule has 8 heteroatoms. The van der Waals surface area contributed by atoms with Gasteiger partial charge in [0.2, 0.25) is 5.95 Å². The minimum absolute atomic E-state index is 0.169. The lowest BCUT2D eigenvalue weighted by Crippen LogP contribution is -2.44. The van der Waals surface area contributed by atoms with Crippen LogP contribution in [0.15, 0.2) is 24.3 Å². The number of esters is 1. The maximum atomic E-state index is 12.3. The number of benzene rings is 1. The molecule has 8 nitrogen and oxygen atoms in total. The second-order valence-corrected chi connectivity index (χ2v) is 9.52. The molecule has 1 aromatic carbocycles. The molecule has 2 heterocycles. The van der Waals surface area contributed by atoms with E-state index in [2.05, 4.69) is 51.2 Å². The number of aromatic nitrogens is 2. The number of aryl methyl sites for hydroxylation is 1. The summed E-state index contributed by atoms with van der Waals surface area (Å²) in [5.41, 5.74) is 9.94. The van der Waals surface area contributed by atoms with Crippen LogP contribution in [0, 0.1) is 6.92 Å². The van der Waals surface area contributed by atoms with Gasteiger partial charge in [-0.1, -0.05) is 44.0 Å². The van der Waals surface area contributed by atoms with Gasteiger partial charge in [-0.3, -0.25) is 4.79 Å². The zero-order chi connectivity index (χ0) is 25.0. The molecule has 0 amide bonds. The molecule has 0 aliphatic carbocycles. The minimum atomic E-state index is -0.169. The van der Waals surface area contributed by atoms with Crippen molar-refractivity contribution < 1.29 is 9.53 Å². The van der Waals surface area contributed by atoms with Crippen LogP contribution in [-0.2, 0) is 22.4 Å². The van der Waals surface area contributed by atoms with E-state index in [1.54, 1.807) is 0 Å². The zero-order valence-electron chi connectivity index (χ0n) is 21.7. The summed E-state index contributed by atoms with van der Waals surface area (Å²) >= 11 is 0. The molecule has 2 aromatic rings. The number of nitrogens with zero attached hydrogens (tertiary/aromatic N) is 4. The van der Waals surface area contributed by atoms with E-state index in [0.717, 1.165) is 80.3 Å². The van der Waals surface area contributed by atoms with Crippen LogP contribution in [0.5, 0.6) is 0 Å². The third-order valence-electron chi connectivity index (χ3n) is 6.53. The van der Waals surface area contributed by atoms with Gasteiger partial charge in [-0.15, -0.1) is 0 Å². The molecule has 1 aliphatic rings. The van der Waals surface area contributed by atoms with Crippen molar-refractivity contribution >= 4 is 17.7 Å². The number of carbonyl (C=O) groups is 1. The second kappa shape index (κ2) is 14.0. The fourth-order valence-electron chi connectivity index (χ4n) is 4.30. The van der Waals surface area contributed by atoms with Gasteiger partial charge in [0.25, 0.3) is 0 Å². The number of anilines is 2. The first kappa shape index (κ1) is 26.9. The van der Waals surface area contributed by atoms with Gasteiger partial charge < -0.3 is 25.6 Å². The first-order chi connectivity index (χ1) is 16.9. The van der Waals surface area contributed by atoms with Crippen LogP contribution in [0.3, 0.4) is 0 Å². The van der Waals surface area contributed by atoms with Gasteiger partial charge in [0.1, 0.15) is 5.82 Å². The van der Waals surface area contributed by atoms with Gasteiger partial charge in [-0.05, 0) is 37.9 Å². The number of nitrogens with two attached hydrogens (primary N) is 1. The molecule has 0 unspecified atom stereocenters. The highest BCUT2D eigenvalue weighted by atomic mass is 16.5. The molecule has 0 radical (unpaired) electrons. The lowest BCUT2D eigenvalue weighted by Gasteiger charge is -2.32. The Bertz CT molecular complexity index is 926. The Morgan fingerprint density at radius 1 is 1.06 bits per heavy atom. The molecule has 0 spiro atoms. The monoisotopic (exact) mass is 482 g/mol. The number of piperazine rings is 1. The van der Waals surface area contributed by atoms with E-state index in [1.165, 1.54) is 12.8 Å². The van der Waals surface area contributed by atoms with Gasteiger partial charge in [-0.25, -0.2) is 4.98 Å². The van der Waals surface area contributed by atoms with Crippen LogP contribution >= 0.6 is 0 Å². The number of ether oxygens (including phenoxy) is 1. The van der Waals surface area contributed by atoms with E-state index in [9.17, 15) is 4.79 Å². The van der Waals surface area contributed by atoms with Gasteiger partial charge in [0.15, 0.2) is 0 Å². The van der Waals surface area contributed by atoms with Crippen molar-refractivity contribution in [1.29, 1.82) is 0 Å². The zero-order valence-corrected chi connectivity index (χ0v) is 21.7. The van der Waals surface area contributed by atoms with Crippen molar-refractivity contribution in [2.24, 2.45) is 0 Å². The van der Waals surface area contributed by atoms with Crippen molar-refractivity contribution in [1.82, 2.24) is 19.8 Å². The molecule has 1 saturated heterocycles. The highest BCUT2D eigenvalue weighted by Crippen LogP contribution is 2.22. The number of rotatable bonds is 13. The number of unbranched alkanes of at least 4 members (excludes halogenated alkanes) is 2. The Labute approximate surface area is 210 Å². The van der Waals surface area contributed by atoms with Crippen molar-refractivity contribution in [2.45, 2.75) is 52.4 Å². The third-order valence-corrected chi connectivity index (χ3v) is 6.53. The Balaban J connectivity index is 1.46. The van der Waals surface area contributed by atoms with Crippen molar-refractivity contribution in [3.8, 4) is 0 Å². The number of carbonyl (C=O) groups excluding carboxylic acids is 1. The van der Waals surface area contributed by atoms with Crippen LogP contribution < -0.4 is 11.1 Å². The van der Waals surface area contributed by atoms with Gasteiger partial charge in [0.05, 0.1) is 13.0 Å². The smallest absolute Gasteiger partial charge is 0.310 e. The fraction of sp³-hybridized carbons (Fsp3) is 0.593. The molecule has 1 fully saturated rings. The number of hydrogen-bond donors (Lipinski definition) is 2. The quantitative estimate of drug-likeness (QED) is 0.332. The summed E-state index contributed by atoms with van der Waals surface area (Å²) in [6.07, 6.45) is 5.34. The van der Waals surface area contributed by atoms with Crippen LogP contribution in [0.1, 0.15) is 55.0 Å². The Morgan fingerprint density at radius 2 is 1.77 bits per heavy atom. The van der Waals surface area contributed by atoms with E-state index >= 15 is 0 Å². The normalized spacial score (nSPS) is 14.7. The van der Waals surface area contributed by atoms with Crippen LogP contribution in [-0.4, -0.2) is 78.7 Å². The number of likely N-dealkylation sites (N-methyl/N-ethyl adjacent to an activating group) is 1. The largest absolute Gasteiger partial charge is 0.465 e. The maximum Gasteiger partial charge on any atom is 0.310 e. The Kier molecular flexibility index (Phi) is 10.8. The predicted octanol–water partition coefficient (Wildman–Crippen LogP) is 3.28. The fourth-order valence-corrected chi connectivity index (χ4v) is 4.30. The third kappa shape index (κ3) is 9.11. The summed E-state index contributed by atoms with van der Waals surface area (Å²) in [6.45, 7) is 10.9. The van der Waals surface area contributed by atoms with E-state index < -0.39 is 0 Å². The molecule has 0 atom stereocenters. The number of nitrogen functional groups attached to an aromatic ring is 1. The SMILES string of the molecule is CCCCCNc1nc(N)nc(C)c1Cc1ccc(CC(=O)OCCCN2CCN(C)CC2)cc1. The number of nitrogens with one attached hydrogen (secondary N) is 1. The summed E-state index contributed by atoms with van der Waals surface area (Å²) < 4.78 is 5.47. The molecule has 35 heavy (non-hydrogen) atoms. The molecule has 1 aliphatic heterocycles. The Morgan fingerprint density at radius 3 is 2.49 bits per heavy atom. The standard InChI is InChI=1S/C27H42N6O2/c1-4-5-6-12-29-26-24(21(2)30-27(28)31-26)19-22-8-10-23(11-9-22)20-25(34)35-18-7-13-33-16-14-32(3)15-17-33/h8-11H,4-7,12-20H2,1-3H3,(H3,28,29,30,31). The van der Waals surface area contributed by atoms with E-state index in [1.807, 2.05) is 19.1 Å². The molecular weight excluding hydrogens is 440 g/mol. The van der Waals surface area contributed by atoms with Crippen molar-refractivity contribution in [3.63, 3.8) is 0 Å². The summed E-state index contributed by atoms with van der Waals surface area (Å²) in [7, 11) is 2.16. The molecular formula is C27H42N6O2. The average molecular weight is 483 g/mol. The first-order valence-electron chi connectivity index (χ1n) is 13.0. The molecule has 3 rings (SSSR count). The highest BCUT2D eigenvalue weighted by molar-refractivity contribution is 5.72. The first-order valence-corrected chi connectivity index (χ1v) is 13.0. The van der Waals surface area contributed by atoms with E-state index in [0.29, 0.717) is 25.4 Å². The maximum absolute atomic E-state index is 12.3. The van der Waals surface area contributed by atoms with Gasteiger partial charge >= 0.3 is 5.97 Å². The minimum Gasteiger partial charge on any atom is -0.465 e. The molecule has 0 bridgehead atoms. The average Bonchev–Trinajstić information content (AvgIpc) is 2.84.